The van der Waals surface area contributed by atoms with Gasteiger partial charge in [0.05, 0.1) is 35.3 Å². The fourth-order valence-electron chi connectivity index (χ4n) is 2.33. The highest BCUT2D eigenvalue weighted by Gasteiger charge is 2.22. The lowest BCUT2D eigenvalue weighted by Crippen LogP contribution is -2.29. The molecule has 8 heteroatoms. The molecule has 1 aromatic carbocycles. The monoisotopic (exact) mass is 351 g/mol. The molecule has 0 saturated heterocycles. The number of hydrogen-bond acceptors (Lipinski definition) is 4. The summed E-state index contributed by atoms with van der Waals surface area (Å²) in [5, 5.41) is 10.7. The quantitative estimate of drug-likeness (QED) is 0.400. The van der Waals surface area contributed by atoms with Gasteiger partial charge in [-0.05, 0) is 25.2 Å². The average molecular weight is 351 g/mol. The number of rotatable bonds is 8. The van der Waals surface area contributed by atoms with Gasteiger partial charge in [-0.25, -0.2) is 9.37 Å². The van der Waals surface area contributed by atoms with E-state index in [1.54, 1.807) is 6.20 Å². The molecule has 0 fully saturated rings. The number of hydrogen-bond donors (Lipinski definition) is 0. The molecule has 0 unspecified atom stereocenters. The predicted octanol–water partition coefficient (Wildman–Crippen LogP) is 4.44. The number of benzene rings is 1. The topological polar surface area (TPSA) is 70.2 Å². The lowest BCUT2D eigenvalue weighted by Gasteiger charge is -2.21. The summed E-state index contributed by atoms with van der Waals surface area (Å²) in [6, 6.07) is 4.66. The molecule has 6 nitrogen and oxygen atoms in total. The first-order valence-electron chi connectivity index (χ1n) is 7.93. The molecule has 0 bridgehead atoms. The fraction of sp³-hybridized carbons (Fsp3) is 0.438. The van der Waals surface area contributed by atoms with E-state index in [9.17, 15) is 14.5 Å². The summed E-state index contributed by atoms with van der Waals surface area (Å²) >= 11 is 0. The van der Waals surface area contributed by atoms with E-state index >= 15 is 0 Å². The second-order valence-corrected chi connectivity index (χ2v) is 10.6. The highest BCUT2D eigenvalue weighted by atomic mass is 28.4. The Morgan fingerprint density at radius 1 is 1.42 bits per heavy atom. The molecule has 0 N–H and O–H groups in total. The first kappa shape index (κ1) is 18.3. The van der Waals surface area contributed by atoms with Crippen LogP contribution >= 0.6 is 0 Å². The van der Waals surface area contributed by atoms with E-state index in [-0.39, 0.29) is 11.4 Å². The largest absolute Gasteiger partial charge is 0.411 e. The molecule has 24 heavy (non-hydrogen) atoms. The van der Waals surface area contributed by atoms with Gasteiger partial charge in [0.25, 0.3) is 5.69 Å². The molecule has 0 amide bonds. The van der Waals surface area contributed by atoms with Crippen LogP contribution in [0.2, 0.25) is 19.1 Å². The standard InChI is InChI=1S/C16H22FN3O3Si/c1-4-5-8-24(2,3)23-11-13-10-19(12-18-13)16-7-6-14(20(21)22)9-15(16)17/h6-7,9-10,12H,4-5,8,11H2,1-3H3. The van der Waals surface area contributed by atoms with Crippen LogP contribution in [0.4, 0.5) is 10.1 Å². The first-order valence-corrected chi connectivity index (χ1v) is 11.0. The maximum atomic E-state index is 14.0. The molecule has 0 aliphatic heterocycles. The lowest BCUT2D eigenvalue weighted by molar-refractivity contribution is -0.385. The third-order valence-electron chi connectivity index (χ3n) is 3.80. The normalized spacial score (nSPS) is 11.7. The predicted molar refractivity (Wildman–Crippen MR) is 92.2 cm³/mol. The number of unbranched alkanes of at least 4 members (excludes halogenated alkanes) is 1. The van der Waals surface area contributed by atoms with Gasteiger partial charge in [-0.2, -0.15) is 0 Å². The molecule has 1 aromatic heterocycles. The van der Waals surface area contributed by atoms with Crippen molar-refractivity contribution in [3.63, 3.8) is 0 Å². The van der Waals surface area contributed by atoms with Crippen LogP contribution in [-0.4, -0.2) is 22.8 Å². The second kappa shape index (κ2) is 7.67. The van der Waals surface area contributed by atoms with Crippen LogP contribution in [-0.2, 0) is 11.0 Å². The molecular formula is C16H22FN3O3Si. The van der Waals surface area contributed by atoms with Crippen molar-refractivity contribution in [2.45, 2.75) is 45.5 Å². The number of non-ortho nitro benzene ring substituents is 1. The van der Waals surface area contributed by atoms with Gasteiger partial charge < -0.3 is 8.99 Å². The van der Waals surface area contributed by atoms with Gasteiger partial charge in [-0.15, -0.1) is 0 Å². The first-order chi connectivity index (χ1) is 11.3. The Kier molecular flexibility index (Phi) is 5.84. The van der Waals surface area contributed by atoms with E-state index in [4.69, 9.17) is 4.43 Å². The van der Waals surface area contributed by atoms with Crippen LogP contribution in [0.3, 0.4) is 0 Å². The summed E-state index contributed by atoms with van der Waals surface area (Å²) in [6.07, 6.45) is 5.48. The van der Waals surface area contributed by atoms with Gasteiger partial charge in [0.2, 0.25) is 0 Å². The zero-order chi connectivity index (χ0) is 17.7. The summed E-state index contributed by atoms with van der Waals surface area (Å²) in [4.78, 5) is 14.3. The fourth-order valence-corrected chi connectivity index (χ4v) is 4.22. The summed E-state index contributed by atoms with van der Waals surface area (Å²) in [5.74, 6) is -0.660. The highest BCUT2D eigenvalue weighted by molar-refractivity contribution is 6.71. The summed E-state index contributed by atoms with van der Waals surface area (Å²) in [6.45, 7) is 6.90. The van der Waals surface area contributed by atoms with E-state index < -0.39 is 19.1 Å². The Hall–Kier alpha value is -2.06. The number of nitro benzene ring substituents is 1. The van der Waals surface area contributed by atoms with Gasteiger partial charge in [-0.3, -0.25) is 10.1 Å². The van der Waals surface area contributed by atoms with E-state index in [1.807, 2.05) is 0 Å². The van der Waals surface area contributed by atoms with Crippen LogP contribution < -0.4 is 0 Å². The third-order valence-corrected chi connectivity index (χ3v) is 6.28. The minimum atomic E-state index is -1.71. The second-order valence-electron chi connectivity index (χ2n) is 6.32. The number of imidazole rings is 1. The van der Waals surface area contributed by atoms with Crippen molar-refractivity contribution in [3.05, 3.63) is 52.3 Å². The molecule has 0 radical (unpaired) electrons. The van der Waals surface area contributed by atoms with Crippen LogP contribution in [0.1, 0.15) is 25.5 Å². The van der Waals surface area contributed by atoms with Crippen molar-refractivity contribution < 1.29 is 13.7 Å². The minimum Gasteiger partial charge on any atom is -0.411 e. The number of nitro groups is 1. The maximum Gasteiger partial charge on any atom is 0.272 e. The Labute approximate surface area is 141 Å². The molecule has 2 aromatic rings. The van der Waals surface area contributed by atoms with Crippen molar-refractivity contribution in [2.75, 3.05) is 0 Å². The van der Waals surface area contributed by atoms with Crippen LogP contribution in [0.25, 0.3) is 5.69 Å². The van der Waals surface area contributed by atoms with Crippen LogP contribution in [0, 0.1) is 15.9 Å². The highest BCUT2D eigenvalue weighted by Crippen LogP contribution is 2.21. The van der Waals surface area contributed by atoms with Gasteiger partial charge in [0.15, 0.2) is 14.1 Å². The third kappa shape index (κ3) is 4.72. The van der Waals surface area contributed by atoms with Crippen LogP contribution in [0.15, 0.2) is 30.7 Å². The number of aromatic nitrogens is 2. The maximum absolute atomic E-state index is 14.0. The number of nitrogens with zero attached hydrogens (tertiary/aromatic N) is 3. The zero-order valence-corrected chi connectivity index (χ0v) is 15.2. The Morgan fingerprint density at radius 3 is 2.79 bits per heavy atom. The van der Waals surface area contributed by atoms with Gasteiger partial charge >= 0.3 is 0 Å². The number of halogens is 1. The van der Waals surface area contributed by atoms with E-state index in [0.717, 1.165) is 25.0 Å². The van der Waals surface area contributed by atoms with Crippen molar-refractivity contribution >= 4 is 14.0 Å². The minimum absolute atomic E-state index is 0.224. The van der Waals surface area contributed by atoms with E-state index in [2.05, 4.69) is 25.0 Å². The molecular weight excluding hydrogens is 329 g/mol. The van der Waals surface area contributed by atoms with Gasteiger partial charge in [0, 0.05) is 12.3 Å². The Morgan fingerprint density at radius 2 is 2.17 bits per heavy atom. The van der Waals surface area contributed by atoms with Crippen molar-refractivity contribution in [1.29, 1.82) is 0 Å². The Bertz CT molecular complexity index is 718. The molecule has 2 rings (SSSR count). The molecule has 0 aliphatic rings. The molecule has 0 atom stereocenters. The molecule has 0 spiro atoms. The zero-order valence-electron chi connectivity index (χ0n) is 14.2. The molecule has 1 heterocycles. The lowest BCUT2D eigenvalue weighted by atomic mass is 10.2. The molecule has 0 aliphatic carbocycles. The smallest absolute Gasteiger partial charge is 0.272 e. The summed E-state index contributed by atoms with van der Waals surface area (Å²) in [7, 11) is -1.71. The molecule has 0 saturated carbocycles. The average Bonchev–Trinajstić information content (AvgIpc) is 3.00. The van der Waals surface area contributed by atoms with E-state index in [0.29, 0.717) is 12.3 Å². The molecule has 130 valence electrons. The van der Waals surface area contributed by atoms with E-state index in [1.165, 1.54) is 23.0 Å². The SMILES string of the molecule is CCCC[Si](C)(C)OCc1cn(-c2ccc([N+](=O)[O-])cc2F)cn1. The van der Waals surface area contributed by atoms with Gasteiger partial charge in [0.1, 0.15) is 0 Å². The summed E-state index contributed by atoms with van der Waals surface area (Å²) < 4.78 is 21.6. The Balaban J connectivity index is 2.07. The summed E-state index contributed by atoms with van der Waals surface area (Å²) in [5.41, 5.74) is 0.662. The van der Waals surface area contributed by atoms with Crippen molar-refractivity contribution in [1.82, 2.24) is 9.55 Å². The van der Waals surface area contributed by atoms with Crippen molar-refractivity contribution in [3.8, 4) is 5.69 Å². The van der Waals surface area contributed by atoms with Crippen molar-refractivity contribution in [2.24, 2.45) is 0 Å². The van der Waals surface area contributed by atoms with Gasteiger partial charge in [-0.1, -0.05) is 19.8 Å². The van der Waals surface area contributed by atoms with Crippen LogP contribution in [0.5, 0.6) is 0 Å².